The largest absolute Gasteiger partial charge is 0.472 e. The predicted octanol–water partition coefficient (Wildman–Crippen LogP) is 2.54. The topological polar surface area (TPSA) is 31.4 Å². The van der Waals surface area contributed by atoms with E-state index in [9.17, 15) is 4.39 Å². The van der Waals surface area contributed by atoms with E-state index < -0.39 is 5.82 Å². The number of nitrogens with zero attached hydrogens (tertiary/aromatic N) is 1. The van der Waals surface area contributed by atoms with Gasteiger partial charge in [-0.3, -0.25) is 0 Å². The molecule has 0 aromatic carbocycles. The predicted molar refractivity (Wildman–Crippen MR) is 56.4 cm³/mol. The molecule has 0 N–H and O–H groups in total. The van der Waals surface area contributed by atoms with Gasteiger partial charge in [-0.1, -0.05) is 0 Å². The molecule has 2 rings (SSSR count). The number of ether oxygens (including phenoxy) is 2. The zero-order valence-electron chi connectivity index (χ0n) is 8.08. The Hall–Kier alpha value is -0.680. The summed E-state index contributed by atoms with van der Waals surface area (Å²) in [6.45, 7) is 1.34. The number of rotatable bonds is 2. The van der Waals surface area contributed by atoms with Gasteiger partial charge in [0.2, 0.25) is 0 Å². The van der Waals surface area contributed by atoms with Crippen LogP contribution in [0.2, 0.25) is 0 Å². The van der Waals surface area contributed by atoms with Crippen LogP contribution in [0.25, 0.3) is 0 Å². The Kier molecular flexibility index (Phi) is 3.53. The van der Waals surface area contributed by atoms with Gasteiger partial charge >= 0.3 is 0 Å². The number of halogens is 2. The van der Waals surface area contributed by atoms with E-state index in [-0.39, 0.29) is 12.0 Å². The van der Waals surface area contributed by atoms with Crippen molar-refractivity contribution < 1.29 is 13.9 Å². The van der Waals surface area contributed by atoms with Crippen molar-refractivity contribution in [3.8, 4) is 5.88 Å². The molecular weight excluding hydrogens is 265 g/mol. The van der Waals surface area contributed by atoms with Crippen molar-refractivity contribution >= 4 is 15.9 Å². The van der Waals surface area contributed by atoms with E-state index in [1.807, 2.05) is 0 Å². The average molecular weight is 276 g/mol. The van der Waals surface area contributed by atoms with Gasteiger partial charge < -0.3 is 9.47 Å². The smallest absolute Gasteiger partial charge is 0.250 e. The highest BCUT2D eigenvalue weighted by atomic mass is 79.9. The van der Waals surface area contributed by atoms with Crippen LogP contribution in [-0.2, 0) is 4.74 Å². The van der Waals surface area contributed by atoms with Crippen LogP contribution in [-0.4, -0.2) is 24.3 Å². The summed E-state index contributed by atoms with van der Waals surface area (Å²) in [5.41, 5.74) is 0. The van der Waals surface area contributed by atoms with Crippen LogP contribution < -0.4 is 4.74 Å². The third-order valence-electron chi connectivity index (χ3n) is 2.22. The minimum atomic E-state index is -0.434. The van der Waals surface area contributed by atoms with Crippen LogP contribution in [0.1, 0.15) is 12.8 Å². The highest BCUT2D eigenvalue weighted by molar-refractivity contribution is 9.10. The first-order chi connectivity index (χ1) is 7.25. The normalized spacial score (nSPS) is 17.7. The molecule has 0 aliphatic carbocycles. The van der Waals surface area contributed by atoms with Gasteiger partial charge in [0.15, 0.2) is 5.82 Å². The van der Waals surface area contributed by atoms with E-state index in [0.717, 1.165) is 12.8 Å². The van der Waals surface area contributed by atoms with Gasteiger partial charge in [-0.15, -0.1) is 0 Å². The molecule has 1 aliphatic heterocycles. The second kappa shape index (κ2) is 4.90. The van der Waals surface area contributed by atoms with Crippen molar-refractivity contribution in [2.45, 2.75) is 18.9 Å². The van der Waals surface area contributed by atoms with Crippen LogP contribution in [0.4, 0.5) is 4.39 Å². The first kappa shape index (κ1) is 10.8. The average Bonchev–Trinajstić information content (AvgIpc) is 2.24. The first-order valence-electron chi connectivity index (χ1n) is 4.81. The van der Waals surface area contributed by atoms with Crippen molar-refractivity contribution in [2.75, 3.05) is 13.2 Å². The fourth-order valence-corrected chi connectivity index (χ4v) is 1.74. The molecule has 0 bridgehead atoms. The van der Waals surface area contributed by atoms with E-state index in [1.54, 1.807) is 0 Å². The van der Waals surface area contributed by atoms with Crippen molar-refractivity contribution in [3.63, 3.8) is 0 Å². The minimum Gasteiger partial charge on any atom is -0.472 e. The van der Waals surface area contributed by atoms with Crippen molar-refractivity contribution in [3.05, 3.63) is 22.6 Å². The van der Waals surface area contributed by atoms with Crippen molar-refractivity contribution in [1.82, 2.24) is 4.98 Å². The van der Waals surface area contributed by atoms with E-state index in [0.29, 0.717) is 17.7 Å². The molecule has 1 aromatic heterocycles. The first-order valence-corrected chi connectivity index (χ1v) is 5.60. The maximum absolute atomic E-state index is 13.4. The molecule has 0 amide bonds. The molecule has 15 heavy (non-hydrogen) atoms. The molecule has 3 nitrogen and oxygen atoms in total. The Bertz CT molecular complexity index is 342. The zero-order valence-corrected chi connectivity index (χ0v) is 9.67. The van der Waals surface area contributed by atoms with Gasteiger partial charge in [0.25, 0.3) is 5.88 Å². The van der Waals surface area contributed by atoms with E-state index >= 15 is 0 Å². The van der Waals surface area contributed by atoms with E-state index in [4.69, 9.17) is 9.47 Å². The summed E-state index contributed by atoms with van der Waals surface area (Å²) < 4.78 is 24.6. The number of pyridine rings is 1. The summed E-state index contributed by atoms with van der Waals surface area (Å²) in [5, 5.41) is 0. The molecule has 1 fully saturated rings. The van der Waals surface area contributed by atoms with Gasteiger partial charge in [-0.05, 0) is 22.0 Å². The van der Waals surface area contributed by atoms with Crippen molar-refractivity contribution in [1.29, 1.82) is 0 Å². The Labute approximate surface area is 95.7 Å². The Balaban J connectivity index is 2.03. The second-order valence-corrected chi connectivity index (χ2v) is 4.29. The lowest BCUT2D eigenvalue weighted by Crippen LogP contribution is -2.26. The van der Waals surface area contributed by atoms with E-state index in [1.165, 1.54) is 12.3 Å². The van der Waals surface area contributed by atoms with Crippen molar-refractivity contribution in [2.24, 2.45) is 0 Å². The minimum absolute atomic E-state index is 0.0157. The molecule has 82 valence electrons. The quantitative estimate of drug-likeness (QED) is 0.831. The fraction of sp³-hybridized carbons (Fsp3) is 0.500. The molecular formula is C10H11BrFNO2. The summed E-state index contributed by atoms with van der Waals surface area (Å²) in [4.78, 5) is 3.89. The summed E-state index contributed by atoms with van der Waals surface area (Å²) in [6, 6.07) is 1.35. The molecule has 2 heterocycles. The SMILES string of the molecule is Fc1cc(Br)cnc1OC1CCOCC1. The standard InChI is InChI=1S/C10H11BrFNO2/c11-7-5-9(12)10(13-6-7)15-8-1-3-14-4-2-8/h5-6,8H,1-4H2. The summed E-state index contributed by atoms with van der Waals surface area (Å²) >= 11 is 3.14. The molecule has 0 radical (unpaired) electrons. The highest BCUT2D eigenvalue weighted by Gasteiger charge is 2.17. The lowest BCUT2D eigenvalue weighted by molar-refractivity contribution is 0.0220. The third-order valence-corrected chi connectivity index (χ3v) is 2.65. The van der Waals surface area contributed by atoms with Gasteiger partial charge in [-0.25, -0.2) is 9.37 Å². The number of hydrogen-bond acceptors (Lipinski definition) is 3. The molecule has 0 spiro atoms. The van der Waals surface area contributed by atoms with Gasteiger partial charge in [0, 0.05) is 23.5 Å². The Morgan fingerprint density at radius 2 is 2.20 bits per heavy atom. The summed E-state index contributed by atoms with van der Waals surface area (Å²) in [6.07, 6.45) is 3.12. The van der Waals surface area contributed by atoms with Crippen LogP contribution >= 0.6 is 15.9 Å². The molecule has 1 saturated heterocycles. The summed E-state index contributed by atoms with van der Waals surface area (Å²) in [7, 11) is 0. The third kappa shape index (κ3) is 2.89. The van der Waals surface area contributed by atoms with Crippen LogP contribution in [0.3, 0.4) is 0 Å². The molecule has 1 aromatic rings. The zero-order chi connectivity index (χ0) is 10.7. The lowest BCUT2D eigenvalue weighted by atomic mass is 10.1. The molecule has 0 atom stereocenters. The van der Waals surface area contributed by atoms with Crippen LogP contribution in [0.15, 0.2) is 16.7 Å². The molecule has 1 aliphatic rings. The van der Waals surface area contributed by atoms with Crippen LogP contribution in [0, 0.1) is 5.82 Å². The van der Waals surface area contributed by atoms with Crippen LogP contribution in [0.5, 0.6) is 5.88 Å². The maximum Gasteiger partial charge on any atom is 0.250 e. The monoisotopic (exact) mass is 275 g/mol. The van der Waals surface area contributed by atoms with E-state index in [2.05, 4.69) is 20.9 Å². The lowest BCUT2D eigenvalue weighted by Gasteiger charge is -2.22. The second-order valence-electron chi connectivity index (χ2n) is 3.37. The molecule has 5 heteroatoms. The molecule has 0 unspecified atom stereocenters. The molecule has 0 saturated carbocycles. The number of hydrogen-bond donors (Lipinski definition) is 0. The van der Waals surface area contributed by atoms with Gasteiger partial charge in [0.1, 0.15) is 6.10 Å². The number of aromatic nitrogens is 1. The Morgan fingerprint density at radius 3 is 2.87 bits per heavy atom. The maximum atomic E-state index is 13.4. The Morgan fingerprint density at radius 1 is 1.47 bits per heavy atom. The fourth-order valence-electron chi connectivity index (χ4n) is 1.44. The summed E-state index contributed by atoms with van der Waals surface area (Å²) in [5.74, 6) is -0.360. The van der Waals surface area contributed by atoms with Gasteiger partial charge in [-0.2, -0.15) is 0 Å². The highest BCUT2D eigenvalue weighted by Crippen LogP contribution is 2.21. The van der Waals surface area contributed by atoms with Gasteiger partial charge in [0.05, 0.1) is 13.2 Å².